The number of carbonyl (C=O) groups is 1. The number of fused-ring (bicyclic) bond motifs is 7. The molecule has 2 unspecified atom stereocenters. The zero-order valence-electron chi connectivity index (χ0n) is 17.9. The minimum atomic E-state index is 0.357. The lowest BCUT2D eigenvalue weighted by atomic mass is 9.68. The first kappa shape index (κ1) is 18.7. The lowest BCUT2D eigenvalue weighted by Gasteiger charge is -2.54. The molecule has 4 atom stereocenters. The molecule has 2 aromatic rings. The van der Waals surface area contributed by atoms with Crippen molar-refractivity contribution in [2.45, 2.75) is 63.5 Å². The maximum Gasteiger partial charge on any atom is 0.223 e. The van der Waals surface area contributed by atoms with Crippen molar-refractivity contribution in [1.82, 2.24) is 14.8 Å². The Labute approximate surface area is 179 Å². The maximum absolute atomic E-state index is 13.4. The molecule has 1 aromatic carbocycles. The van der Waals surface area contributed by atoms with Crippen molar-refractivity contribution in [2.24, 2.45) is 11.8 Å². The minimum absolute atomic E-state index is 0.357. The summed E-state index contributed by atoms with van der Waals surface area (Å²) in [5, 5.41) is 1.26. The van der Waals surface area contributed by atoms with Gasteiger partial charge in [0.2, 0.25) is 5.91 Å². The Kier molecular flexibility index (Phi) is 4.71. The first-order valence-electron chi connectivity index (χ1n) is 12.1. The first-order valence-corrected chi connectivity index (χ1v) is 12.1. The summed E-state index contributed by atoms with van der Waals surface area (Å²) in [5.74, 6) is 1.73. The molecule has 1 amide bonds. The second kappa shape index (κ2) is 7.56. The van der Waals surface area contributed by atoms with E-state index in [-0.39, 0.29) is 0 Å². The molecule has 4 heteroatoms. The van der Waals surface area contributed by atoms with E-state index in [1.54, 1.807) is 5.57 Å². The lowest BCUT2D eigenvalue weighted by Crippen LogP contribution is -2.60. The summed E-state index contributed by atoms with van der Waals surface area (Å²) in [6.07, 6.45) is 13.9. The molecular weight excluding hydrogens is 370 g/mol. The summed E-state index contributed by atoms with van der Waals surface area (Å²) in [7, 11) is 0. The smallest absolute Gasteiger partial charge is 0.223 e. The number of hydrogen-bond donors (Lipinski definition) is 1. The van der Waals surface area contributed by atoms with Gasteiger partial charge in [-0.3, -0.25) is 9.69 Å². The van der Waals surface area contributed by atoms with E-state index >= 15 is 0 Å². The van der Waals surface area contributed by atoms with Gasteiger partial charge in [-0.25, -0.2) is 0 Å². The molecule has 30 heavy (non-hydrogen) atoms. The molecule has 1 aliphatic carbocycles. The van der Waals surface area contributed by atoms with Gasteiger partial charge in [-0.05, 0) is 68.5 Å². The fraction of sp³-hybridized carbons (Fsp3) is 0.577. The van der Waals surface area contributed by atoms with Gasteiger partial charge in [-0.15, -0.1) is 0 Å². The number of likely N-dealkylation sites (tertiary alicyclic amines) is 1. The van der Waals surface area contributed by atoms with Crippen LogP contribution in [0, 0.1) is 11.8 Å². The largest absolute Gasteiger partial charge is 0.361 e. The fourth-order valence-electron chi connectivity index (χ4n) is 6.98. The molecule has 3 fully saturated rings. The van der Waals surface area contributed by atoms with Gasteiger partial charge in [0, 0.05) is 42.7 Å². The lowest BCUT2D eigenvalue weighted by molar-refractivity contribution is -0.136. The normalized spacial score (nSPS) is 31.2. The Balaban J connectivity index is 1.20. The van der Waals surface area contributed by atoms with Crippen molar-refractivity contribution in [2.75, 3.05) is 19.6 Å². The van der Waals surface area contributed by atoms with Crippen molar-refractivity contribution in [1.29, 1.82) is 0 Å². The van der Waals surface area contributed by atoms with Gasteiger partial charge >= 0.3 is 0 Å². The number of rotatable bonds is 3. The van der Waals surface area contributed by atoms with Crippen LogP contribution in [0.15, 0.2) is 42.1 Å². The van der Waals surface area contributed by atoms with Crippen LogP contribution in [-0.2, 0) is 11.2 Å². The van der Waals surface area contributed by atoms with Gasteiger partial charge in [0.1, 0.15) is 0 Å². The summed E-state index contributed by atoms with van der Waals surface area (Å²) in [5.41, 5.74) is 4.03. The van der Waals surface area contributed by atoms with E-state index in [1.807, 2.05) is 0 Å². The molecule has 4 nitrogen and oxygen atoms in total. The summed E-state index contributed by atoms with van der Waals surface area (Å²) in [6.45, 7) is 3.41. The number of hydrogen-bond acceptors (Lipinski definition) is 2. The molecule has 0 radical (unpaired) electrons. The zero-order chi connectivity index (χ0) is 20.1. The number of nitrogens with one attached hydrogen (secondary N) is 1. The molecule has 2 bridgehead atoms. The number of amides is 1. The number of carbonyl (C=O) groups excluding carboxylic acids is 1. The van der Waals surface area contributed by atoms with E-state index in [2.05, 4.69) is 51.3 Å². The molecule has 3 aliphatic heterocycles. The van der Waals surface area contributed by atoms with Crippen molar-refractivity contribution in [3.8, 4) is 0 Å². The van der Waals surface area contributed by atoms with E-state index in [0.717, 1.165) is 31.3 Å². The van der Waals surface area contributed by atoms with Crippen LogP contribution < -0.4 is 0 Å². The van der Waals surface area contributed by atoms with E-state index in [1.165, 1.54) is 61.7 Å². The number of nitrogens with zero attached hydrogens (tertiary/aromatic N) is 2. The number of aryl methyl sites for hydroxylation is 1. The minimum Gasteiger partial charge on any atom is -0.361 e. The van der Waals surface area contributed by atoms with Crippen molar-refractivity contribution < 1.29 is 4.79 Å². The third kappa shape index (κ3) is 3.11. The highest BCUT2D eigenvalue weighted by molar-refractivity contribution is 5.84. The number of aromatic amines is 1. The third-order valence-electron chi connectivity index (χ3n) is 8.26. The van der Waals surface area contributed by atoms with E-state index in [0.29, 0.717) is 24.3 Å². The van der Waals surface area contributed by atoms with Crippen LogP contribution in [0.1, 0.15) is 50.5 Å². The predicted octanol–water partition coefficient (Wildman–Crippen LogP) is 4.52. The number of aromatic nitrogens is 1. The topological polar surface area (TPSA) is 39.3 Å². The summed E-state index contributed by atoms with van der Waals surface area (Å²) in [4.78, 5) is 21.8. The average molecular weight is 404 g/mol. The quantitative estimate of drug-likeness (QED) is 0.765. The second-order valence-electron chi connectivity index (χ2n) is 9.95. The van der Waals surface area contributed by atoms with Crippen molar-refractivity contribution in [3.05, 3.63) is 47.7 Å². The molecule has 0 saturated carbocycles. The highest BCUT2D eigenvalue weighted by atomic mass is 16.2. The molecule has 1 N–H and O–H groups in total. The summed E-state index contributed by atoms with van der Waals surface area (Å²) >= 11 is 0. The Morgan fingerprint density at radius 2 is 2.07 bits per heavy atom. The molecule has 3 saturated heterocycles. The Hall–Kier alpha value is -2.07. The van der Waals surface area contributed by atoms with Crippen LogP contribution >= 0.6 is 0 Å². The van der Waals surface area contributed by atoms with Gasteiger partial charge in [-0.2, -0.15) is 0 Å². The number of para-hydroxylation sites is 1. The van der Waals surface area contributed by atoms with Crippen LogP contribution in [0.2, 0.25) is 0 Å². The molecule has 4 aliphatic rings. The van der Waals surface area contributed by atoms with Crippen LogP contribution in [0.5, 0.6) is 0 Å². The Morgan fingerprint density at radius 3 is 3.03 bits per heavy atom. The highest BCUT2D eigenvalue weighted by Gasteiger charge is 2.46. The molecule has 1 aromatic heterocycles. The standard InChI is InChI=1S/C26H33N3O/c30-25(11-10-19-16-27-23-8-2-1-7-22(19)23)29-13-5-6-18-14-20-15-21(26(18)29)17-28-12-4-3-9-24(20)28/h1-2,7-8,14,16,20-21,24,26-27H,3-6,9-13,15,17H2/t20?,21?,24-,26-/m1/s1. The van der Waals surface area contributed by atoms with Gasteiger partial charge in [0.25, 0.3) is 0 Å². The first-order chi connectivity index (χ1) is 14.8. The number of H-pyrrole nitrogens is 1. The third-order valence-corrected chi connectivity index (χ3v) is 8.26. The van der Waals surface area contributed by atoms with E-state index < -0.39 is 0 Å². The molecular formula is C26H33N3O. The maximum atomic E-state index is 13.4. The Morgan fingerprint density at radius 1 is 1.13 bits per heavy atom. The number of piperidine rings is 3. The highest BCUT2D eigenvalue weighted by Crippen LogP contribution is 2.45. The average Bonchev–Trinajstić information content (AvgIpc) is 3.20. The van der Waals surface area contributed by atoms with Crippen LogP contribution in [-0.4, -0.2) is 52.4 Å². The van der Waals surface area contributed by atoms with Crippen LogP contribution in [0.3, 0.4) is 0 Å². The van der Waals surface area contributed by atoms with Crippen LogP contribution in [0.25, 0.3) is 10.9 Å². The molecule has 0 spiro atoms. The molecule has 158 valence electrons. The molecule has 4 heterocycles. The summed E-state index contributed by atoms with van der Waals surface area (Å²) < 4.78 is 0. The van der Waals surface area contributed by atoms with Gasteiger partial charge < -0.3 is 9.88 Å². The van der Waals surface area contributed by atoms with Crippen molar-refractivity contribution >= 4 is 16.8 Å². The van der Waals surface area contributed by atoms with Crippen LogP contribution in [0.4, 0.5) is 0 Å². The van der Waals surface area contributed by atoms with E-state index in [4.69, 9.17) is 0 Å². The van der Waals surface area contributed by atoms with Gasteiger partial charge in [0.05, 0.1) is 6.04 Å². The number of benzene rings is 1. The second-order valence-corrected chi connectivity index (χ2v) is 9.95. The zero-order valence-corrected chi connectivity index (χ0v) is 17.9. The Bertz CT molecular complexity index is 976. The van der Waals surface area contributed by atoms with E-state index in [9.17, 15) is 4.79 Å². The SMILES string of the molecule is O=C(CCc1c[nH]c2ccccc12)N1CCCC2=CC3CC(CN4CCCC[C@H]34)[C@@H]21. The fourth-order valence-corrected chi connectivity index (χ4v) is 6.98. The van der Waals surface area contributed by atoms with Gasteiger partial charge in [0.15, 0.2) is 0 Å². The predicted molar refractivity (Wildman–Crippen MR) is 120 cm³/mol. The van der Waals surface area contributed by atoms with Gasteiger partial charge in [-0.1, -0.05) is 36.3 Å². The molecule has 6 rings (SSSR count). The van der Waals surface area contributed by atoms with Crippen molar-refractivity contribution in [3.63, 3.8) is 0 Å². The monoisotopic (exact) mass is 403 g/mol. The summed E-state index contributed by atoms with van der Waals surface area (Å²) in [6, 6.07) is 9.55.